The highest BCUT2D eigenvalue weighted by atomic mass is 16.3. The summed E-state index contributed by atoms with van der Waals surface area (Å²) in [5.41, 5.74) is 6.05. The lowest BCUT2D eigenvalue weighted by molar-refractivity contribution is -0.127. The molecule has 1 heterocycles. The first-order chi connectivity index (χ1) is 10.9. The number of aliphatic imine (C=N–C) groups is 2. The summed E-state index contributed by atoms with van der Waals surface area (Å²) < 4.78 is 0. The van der Waals surface area contributed by atoms with E-state index < -0.39 is 11.8 Å². The van der Waals surface area contributed by atoms with E-state index in [0.717, 1.165) is 4.90 Å². The highest BCUT2D eigenvalue weighted by Crippen LogP contribution is 2.20. The molecule has 0 aromatic heterocycles. The number of primary amides is 1. The predicted octanol–water partition coefficient (Wildman–Crippen LogP) is 0.0764. The average Bonchev–Trinajstić information content (AvgIpc) is 2.79. The molecule has 3 amide bonds. The van der Waals surface area contributed by atoms with Gasteiger partial charge in [0.2, 0.25) is 12.3 Å². The summed E-state index contributed by atoms with van der Waals surface area (Å²) in [6.07, 6.45) is 1.82. The fourth-order valence-corrected chi connectivity index (χ4v) is 1.99. The number of hydrogen-bond acceptors (Lipinski definition) is 5. The Morgan fingerprint density at radius 2 is 2.04 bits per heavy atom. The third kappa shape index (κ3) is 3.67. The predicted molar refractivity (Wildman–Crippen MR) is 83.6 cm³/mol. The molecule has 0 bridgehead atoms. The summed E-state index contributed by atoms with van der Waals surface area (Å²) in [5, 5.41) is 9.26. The molecule has 23 heavy (non-hydrogen) atoms. The standard InChI is InChI=1S/C15H14N4O4/c1-9(17-8-20)14-18-12(15(23)19(14)7-13(16)22)6-10-2-4-11(21)5-3-10/h2-6,8,21H,7H2,1H3,(H2,16,22)/b12-6-,17-9?. The third-order valence-corrected chi connectivity index (χ3v) is 3.03. The summed E-state index contributed by atoms with van der Waals surface area (Å²) in [6, 6.07) is 6.15. The molecule has 0 spiro atoms. The molecule has 8 nitrogen and oxygen atoms in total. The summed E-state index contributed by atoms with van der Waals surface area (Å²) in [7, 11) is 0. The Kier molecular flexibility index (Phi) is 4.65. The first kappa shape index (κ1) is 16.1. The van der Waals surface area contributed by atoms with Gasteiger partial charge in [-0.05, 0) is 30.7 Å². The Bertz CT molecular complexity index is 747. The van der Waals surface area contributed by atoms with Crippen LogP contribution >= 0.6 is 0 Å². The Balaban J connectivity index is 2.42. The lowest BCUT2D eigenvalue weighted by Crippen LogP contribution is -2.41. The van der Waals surface area contributed by atoms with Crippen molar-refractivity contribution < 1.29 is 19.5 Å². The Morgan fingerprint density at radius 1 is 1.39 bits per heavy atom. The van der Waals surface area contributed by atoms with Crippen LogP contribution in [-0.4, -0.2) is 46.3 Å². The van der Waals surface area contributed by atoms with Crippen molar-refractivity contribution in [3.8, 4) is 5.75 Å². The van der Waals surface area contributed by atoms with Gasteiger partial charge in [0, 0.05) is 0 Å². The maximum Gasteiger partial charge on any atom is 0.278 e. The zero-order valence-corrected chi connectivity index (χ0v) is 12.3. The Morgan fingerprint density at radius 3 is 2.61 bits per heavy atom. The molecule has 8 heteroatoms. The molecule has 0 saturated heterocycles. The smallest absolute Gasteiger partial charge is 0.278 e. The van der Waals surface area contributed by atoms with E-state index in [0.29, 0.717) is 12.0 Å². The van der Waals surface area contributed by atoms with Gasteiger partial charge in [0.1, 0.15) is 18.0 Å². The number of rotatable bonds is 5. The number of hydrogen-bond donors (Lipinski definition) is 2. The number of amidine groups is 1. The van der Waals surface area contributed by atoms with Crippen LogP contribution in [-0.2, 0) is 14.4 Å². The summed E-state index contributed by atoms with van der Waals surface area (Å²) >= 11 is 0. The molecule has 1 aromatic carbocycles. The monoisotopic (exact) mass is 314 g/mol. The fourth-order valence-electron chi connectivity index (χ4n) is 1.99. The van der Waals surface area contributed by atoms with Gasteiger partial charge in [0.05, 0.1) is 5.71 Å². The van der Waals surface area contributed by atoms with Gasteiger partial charge < -0.3 is 10.8 Å². The lowest BCUT2D eigenvalue weighted by atomic mass is 10.2. The molecule has 0 fully saturated rings. The van der Waals surface area contributed by atoms with Crippen LogP contribution in [0.5, 0.6) is 5.75 Å². The van der Waals surface area contributed by atoms with Gasteiger partial charge in [0.25, 0.3) is 5.91 Å². The number of carbonyl (C=O) groups excluding carboxylic acids is 3. The van der Waals surface area contributed by atoms with Crippen molar-refractivity contribution in [2.24, 2.45) is 15.7 Å². The van der Waals surface area contributed by atoms with Crippen LogP contribution in [0, 0.1) is 0 Å². The van der Waals surface area contributed by atoms with Gasteiger partial charge in [-0.3, -0.25) is 19.3 Å². The van der Waals surface area contributed by atoms with Crippen molar-refractivity contribution >= 4 is 35.8 Å². The normalized spacial score (nSPS) is 16.7. The van der Waals surface area contributed by atoms with Crippen LogP contribution in [0.2, 0.25) is 0 Å². The first-order valence-electron chi connectivity index (χ1n) is 6.60. The minimum Gasteiger partial charge on any atom is -0.508 e. The molecule has 2 rings (SSSR count). The van der Waals surface area contributed by atoms with Gasteiger partial charge in [-0.2, -0.15) is 0 Å². The number of phenolic OH excluding ortho intramolecular Hbond substituents is 1. The van der Waals surface area contributed by atoms with E-state index in [9.17, 15) is 19.5 Å². The van der Waals surface area contributed by atoms with E-state index in [1.165, 1.54) is 25.1 Å². The van der Waals surface area contributed by atoms with Gasteiger partial charge in [0.15, 0.2) is 5.84 Å². The largest absolute Gasteiger partial charge is 0.508 e. The Hall–Kier alpha value is -3.29. The molecular formula is C15H14N4O4. The van der Waals surface area contributed by atoms with Gasteiger partial charge in [-0.25, -0.2) is 9.98 Å². The van der Waals surface area contributed by atoms with E-state index in [-0.39, 0.29) is 29.5 Å². The lowest BCUT2D eigenvalue weighted by Gasteiger charge is -2.15. The van der Waals surface area contributed by atoms with E-state index in [1.807, 2.05) is 0 Å². The molecule has 118 valence electrons. The van der Waals surface area contributed by atoms with Crippen molar-refractivity contribution in [2.75, 3.05) is 6.54 Å². The second kappa shape index (κ2) is 6.65. The SMILES string of the molecule is CC(=NC=O)C1=N/C(=C\c2ccc(O)cc2)C(=O)N1CC(N)=O. The topological polar surface area (TPSA) is 125 Å². The maximum absolute atomic E-state index is 12.4. The number of aromatic hydroxyl groups is 1. The summed E-state index contributed by atoms with van der Waals surface area (Å²) in [4.78, 5) is 42.8. The molecule has 0 aliphatic carbocycles. The number of phenols is 1. The molecule has 1 aromatic rings. The van der Waals surface area contributed by atoms with Crippen molar-refractivity contribution in [1.29, 1.82) is 0 Å². The zero-order valence-electron chi connectivity index (χ0n) is 12.3. The minimum absolute atomic E-state index is 0.0763. The van der Waals surface area contributed by atoms with Crippen molar-refractivity contribution in [2.45, 2.75) is 6.92 Å². The van der Waals surface area contributed by atoms with Gasteiger partial charge in [-0.15, -0.1) is 0 Å². The summed E-state index contributed by atoms with van der Waals surface area (Å²) in [6.45, 7) is 1.13. The number of carbonyl (C=O) groups is 3. The van der Waals surface area contributed by atoms with Gasteiger partial charge >= 0.3 is 0 Å². The van der Waals surface area contributed by atoms with Crippen molar-refractivity contribution in [3.63, 3.8) is 0 Å². The maximum atomic E-state index is 12.4. The molecule has 1 aliphatic heterocycles. The van der Waals surface area contributed by atoms with Crippen LogP contribution < -0.4 is 5.73 Å². The van der Waals surface area contributed by atoms with E-state index in [1.54, 1.807) is 12.1 Å². The van der Waals surface area contributed by atoms with E-state index in [2.05, 4.69) is 9.98 Å². The van der Waals surface area contributed by atoms with Crippen LogP contribution in [0.15, 0.2) is 39.9 Å². The van der Waals surface area contributed by atoms with Crippen LogP contribution in [0.3, 0.4) is 0 Å². The molecule has 0 saturated carbocycles. The number of amides is 3. The highest BCUT2D eigenvalue weighted by Gasteiger charge is 2.32. The minimum atomic E-state index is -0.712. The van der Waals surface area contributed by atoms with Crippen LogP contribution in [0.4, 0.5) is 0 Å². The first-order valence-corrected chi connectivity index (χ1v) is 6.60. The van der Waals surface area contributed by atoms with E-state index >= 15 is 0 Å². The van der Waals surface area contributed by atoms with Crippen LogP contribution in [0.25, 0.3) is 6.08 Å². The second-order valence-electron chi connectivity index (χ2n) is 4.73. The number of benzene rings is 1. The third-order valence-electron chi connectivity index (χ3n) is 3.03. The molecule has 0 radical (unpaired) electrons. The van der Waals surface area contributed by atoms with E-state index in [4.69, 9.17) is 5.73 Å². The second-order valence-corrected chi connectivity index (χ2v) is 4.73. The van der Waals surface area contributed by atoms with Crippen molar-refractivity contribution in [1.82, 2.24) is 4.90 Å². The Labute approximate surface area is 131 Å². The number of nitrogens with zero attached hydrogens (tertiary/aromatic N) is 3. The average molecular weight is 314 g/mol. The molecular weight excluding hydrogens is 300 g/mol. The molecule has 0 unspecified atom stereocenters. The highest BCUT2D eigenvalue weighted by molar-refractivity contribution is 6.46. The quantitative estimate of drug-likeness (QED) is 0.453. The summed E-state index contributed by atoms with van der Waals surface area (Å²) in [5.74, 6) is -1.03. The van der Waals surface area contributed by atoms with Crippen LogP contribution in [0.1, 0.15) is 12.5 Å². The zero-order chi connectivity index (χ0) is 17.0. The fraction of sp³-hybridized carbons (Fsp3) is 0.133. The molecule has 0 atom stereocenters. The molecule has 3 N–H and O–H groups in total. The van der Waals surface area contributed by atoms with Gasteiger partial charge in [-0.1, -0.05) is 12.1 Å². The van der Waals surface area contributed by atoms with Crippen molar-refractivity contribution in [3.05, 3.63) is 35.5 Å². The molecule has 1 aliphatic rings. The number of nitrogens with two attached hydrogens (primary N) is 1.